The Hall–Kier alpha value is -0.240. The van der Waals surface area contributed by atoms with Crippen LogP contribution in [0.15, 0.2) is 11.6 Å². The van der Waals surface area contributed by atoms with Crippen molar-refractivity contribution in [3.63, 3.8) is 0 Å². The van der Waals surface area contributed by atoms with Gasteiger partial charge in [0, 0.05) is 10.00 Å². The molecule has 0 bridgehead atoms. The highest BCUT2D eigenvalue weighted by Crippen LogP contribution is 2.55. The molecule has 0 radical (unpaired) electrons. The van der Waals surface area contributed by atoms with E-state index < -0.39 is 0 Å². The van der Waals surface area contributed by atoms with Crippen LogP contribution in [-0.2, 0) is 4.79 Å². The molecule has 0 spiro atoms. The summed E-state index contributed by atoms with van der Waals surface area (Å²) in [5.41, 5.74) is 1.20. The average molecular weight is 184 g/mol. The first-order chi connectivity index (χ1) is 5.56. The number of carbonyl (C=O) groups is 1. The van der Waals surface area contributed by atoms with Gasteiger partial charge in [-0.1, -0.05) is 5.57 Å². The van der Waals surface area contributed by atoms with E-state index in [2.05, 4.69) is 13.8 Å². The predicted octanol–water partition coefficient (Wildman–Crippen LogP) is 2.81. The summed E-state index contributed by atoms with van der Waals surface area (Å²) in [5, 5.41) is 0.813. The molecule has 1 aliphatic rings. The number of thioether (sulfide) groups is 1. The highest BCUT2D eigenvalue weighted by molar-refractivity contribution is 8.08. The second-order valence-electron chi connectivity index (χ2n) is 3.90. The van der Waals surface area contributed by atoms with Crippen molar-refractivity contribution in [3.8, 4) is 0 Å². The summed E-state index contributed by atoms with van der Waals surface area (Å²) in [6.45, 7) is 6.58. The van der Waals surface area contributed by atoms with Gasteiger partial charge in [-0.05, 0) is 39.7 Å². The molecule has 0 N–H and O–H groups in total. The third-order valence-corrected chi connectivity index (χ3v) is 4.07. The van der Waals surface area contributed by atoms with Gasteiger partial charge in [0.05, 0.1) is 0 Å². The van der Waals surface area contributed by atoms with Crippen molar-refractivity contribution in [3.05, 3.63) is 11.6 Å². The van der Waals surface area contributed by atoms with Crippen LogP contribution in [0.1, 0.15) is 33.6 Å². The third-order valence-electron chi connectivity index (χ3n) is 2.32. The SMILES string of the molecule is C/C(=C/C=O)CCC1SC1(C)C. The largest absolute Gasteiger partial charge is 0.299 e. The molecule has 1 nitrogen and oxygen atoms in total. The minimum atomic E-state index is 0.501. The van der Waals surface area contributed by atoms with Gasteiger partial charge in [0.2, 0.25) is 0 Å². The van der Waals surface area contributed by atoms with Crippen LogP contribution in [0.5, 0.6) is 0 Å². The quantitative estimate of drug-likeness (QED) is 0.379. The Balaban J connectivity index is 2.19. The molecule has 1 atom stereocenters. The van der Waals surface area contributed by atoms with Gasteiger partial charge in [0.1, 0.15) is 6.29 Å². The zero-order valence-corrected chi connectivity index (χ0v) is 8.78. The zero-order valence-electron chi connectivity index (χ0n) is 7.96. The molecule has 1 aliphatic heterocycles. The molecule has 68 valence electrons. The summed E-state index contributed by atoms with van der Waals surface area (Å²) >= 11 is 2.04. The van der Waals surface area contributed by atoms with Crippen LogP contribution < -0.4 is 0 Å². The van der Waals surface area contributed by atoms with Crippen LogP contribution in [0, 0.1) is 0 Å². The summed E-state index contributed by atoms with van der Waals surface area (Å²) in [7, 11) is 0. The van der Waals surface area contributed by atoms with Crippen molar-refractivity contribution in [1.29, 1.82) is 0 Å². The lowest BCUT2D eigenvalue weighted by Gasteiger charge is -2.00. The first-order valence-electron chi connectivity index (χ1n) is 4.35. The van der Waals surface area contributed by atoms with E-state index >= 15 is 0 Å². The van der Waals surface area contributed by atoms with Crippen LogP contribution in [-0.4, -0.2) is 16.3 Å². The number of allylic oxidation sites excluding steroid dienone is 2. The minimum absolute atomic E-state index is 0.501. The summed E-state index contributed by atoms with van der Waals surface area (Å²) in [6.07, 6.45) is 4.83. The van der Waals surface area contributed by atoms with E-state index in [0.717, 1.165) is 18.0 Å². The number of carbonyl (C=O) groups excluding carboxylic acids is 1. The van der Waals surface area contributed by atoms with Gasteiger partial charge in [-0.3, -0.25) is 4.79 Å². The third kappa shape index (κ3) is 2.67. The molecular weight excluding hydrogens is 168 g/mol. The van der Waals surface area contributed by atoms with E-state index in [1.807, 2.05) is 18.7 Å². The van der Waals surface area contributed by atoms with E-state index in [1.54, 1.807) is 6.08 Å². The average Bonchev–Trinajstić information content (AvgIpc) is 2.56. The van der Waals surface area contributed by atoms with Crippen molar-refractivity contribution in [1.82, 2.24) is 0 Å². The van der Waals surface area contributed by atoms with Gasteiger partial charge in [0.25, 0.3) is 0 Å². The lowest BCUT2D eigenvalue weighted by molar-refractivity contribution is -0.104. The molecule has 2 heteroatoms. The van der Waals surface area contributed by atoms with Gasteiger partial charge in [-0.15, -0.1) is 11.8 Å². The van der Waals surface area contributed by atoms with Crippen molar-refractivity contribution in [2.24, 2.45) is 0 Å². The van der Waals surface area contributed by atoms with Crippen LogP contribution in [0.4, 0.5) is 0 Å². The summed E-state index contributed by atoms with van der Waals surface area (Å²) < 4.78 is 0.501. The monoisotopic (exact) mass is 184 g/mol. The first kappa shape index (κ1) is 9.85. The van der Waals surface area contributed by atoms with Crippen LogP contribution in [0.2, 0.25) is 0 Å². The molecule has 1 unspecified atom stereocenters. The number of hydrogen-bond donors (Lipinski definition) is 0. The fraction of sp³-hybridized carbons (Fsp3) is 0.700. The lowest BCUT2D eigenvalue weighted by atomic mass is 10.0. The van der Waals surface area contributed by atoms with E-state index in [-0.39, 0.29) is 0 Å². The van der Waals surface area contributed by atoms with Gasteiger partial charge >= 0.3 is 0 Å². The second kappa shape index (κ2) is 3.65. The van der Waals surface area contributed by atoms with Crippen LogP contribution in [0.25, 0.3) is 0 Å². The summed E-state index contributed by atoms with van der Waals surface area (Å²) in [4.78, 5) is 10.1. The minimum Gasteiger partial charge on any atom is -0.299 e. The predicted molar refractivity (Wildman–Crippen MR) is 54.5 cm³/mol. The first-order valence-corrected chi connectivity index (χ1v) is 5.23. The normalized spacial score (nSPS) is 26.9. The van der Waals surface area contributed by atoms with Gasteiger partial charge in [-0.2, -0.15) is 0 Å². The number of rotatable bonds is 4. The van der Waals surface area contributed by atoms with E-state index in [1.165, 1.54) is 12.0 Å². The maximum absolute atomic E-state index is 10.1. The fourth-order valence-corrected chi connectivity index (χ4v) is 2.32. The van der Waals surface area contributed by atoms with Crippen LogP contribution in [0.3, 0.4) is 0 Å². The molecule has 0 aromatic carbocycles. The highest BCUT2D eigenvalue weighted by Gasteiger charge is 2.45. The molecule has 0 aromatic heterocycles. The van der Waals surface area contributed by atoms with Crippen molar-refractivity contribution < 1.29 is 4.79 Å². The van der Waals surface area contributed by atoms with Crippen molar-refractivity contribution in [2.75, 3.05) is 0 Å². The molecule has 0 amide bonds. The standard InChI is InChI=1S/C10H16OS/c1-8(6-7-11)4-5-9-10(2,3)12-9/h6-7,9H,4-5H2,1-3H3/b8-6-. The Bertz CT molecular complexity index is 206. The molecule has 1 saturated heterocycles. The fourth-order valence-electron chi connectivity index (χ4n) is 1.30. The lowest BCUT2D eigenvalue weighted by Crippen LogP contribution is -2.02. The second-order valence-corrected chi connectivity index (χ2v) is 5.75. The number of aldehydes is 1. The zero-order chi connectivity index (χ0) is 9.19. The Kier molecular flexibility index (Phi) is 2.99. The molecule has 0 aliphatic carbocycles. The summed E-state index contributed by atoms with van der Waals surface area (Å²) in [6, 6.07) is 0. The van der Waals surface area contributed by atoms with E-state index in [0.29, 0.717) is 4.75 Å². The Labute approximate surface area is 78.6 Å². The number of hydrogen-bond acceptors (Lipinski definition) is 2. The maximum Gasteiger partial charge on any atom is 0.142 e. The summed E-state index contributed by atoms with van der Waals surface area (Å²) in [5.74, 6) is 0. The van der Waals surface area contributed by atoms with Crippen molar-refractivity contribution in [2.45, 2.75) is 43.6 Å². The topological polar surface area (TPSA) is 17.1 Å². The smallest absolute Gasteiger partial charge is 0.142 e. The van der Waals surface area contributed by atoms with Crippen molar-refractivity contribution >= 4 is 18.0 Å². The Morgan fingerprint density at radius 1 is 1.58 bits per heavy atom. The maximum atomic E-state index is 10.1. The van der Waals surface area contributed by atoms with Gasteiger partial charge in [0.15, 0.2) is 0 Å². The van der Waals surface area contributed by atoms with Crippen LogP contribution >= 0.6 is 11.8 Å². The molecular formula is C10H16OS. The molecule has 0 saturated carbocycles. The molecule has 1 heterocycles. The molecule has 1 fully saturated rings. The van der Waals surface area contributed by atoms with E-state index in [4.69, 9.17) is 0 Å². The van der Waals surface area contributed by atoms with Gasteiger partial charge in [-0.25, -0.2) is 0 Å². The molecule has 0 aromatic rings. The highest BCUT2D eigenvalue weighted by atomic mass is 32.2. The van der Waals surface area contributed by atoms with E-state index in [9.17, 15) is 4.79 Å². The van der Waals surface area contributed by atoms with Gasteiger partial charge < -0.3 is 0 Å². The molecule has 12 heavy (non-hydrogen) atoms. The Morgan fingerprint density at radius 3 is 2.58 bits per heavy atom. The Morgan fingerprint density at radius 2 is 2.17 bits per heavy atom. The molecule has 1 rings (SSSR count).